The fourth-order valence-corrected chi connectivity index (χ4v) is 4.58. The monoisotopic (exact) mass is 566 g/mol. The number of benzene rings is 4. The molecule has 4 aromatic rings. The zero-order valence-electron chi connectivity index (χ0n) is 23.5. The second-order valence-electron chi connectivity index (χ2n) is 9.76. The average Bonchev–Trinajstić information content (AvgIpc) is 3.01. The highest BCUT2D eigenvalue weighted by Gasteiger charge is 2.35. The molecule has 0 heterocycles. The highest BCUT2D eigenvalue weighted by atomic mass is 19.4. The molecule has 42 heavy (non-hydrogen) atoms. The summed E-state index contributed by atoms with van der Waals surface area (Å²) in [6.07, 6.45) is -0.610. The number of alkyl halides is 3. The van der Waals surface area contributed by atoms with Crippen molar-refractivity contribution in [2.75, 3.05) is 22.9 Å². The number of carbonyl (C=O) groups excluding carboxylic acids is 1. The highest BCUT2D eigenvalue weighted by Crippen LogP contribution is 2.36. The maximum Gasteiger partial charge on any atom is 0.416 e. The lowest BCUT2D eigenvalue weighted by Crippen LogP contribution is -2.26. The van der Waals surface area contributed by atoms with Gasteiger partial charge < -0.3 is 9.80 Å². The quantitative estimate of drug-likeness (QED) is 0.126. The number of rotatable bonds is 12. The molecule has 0 aliphatic heterocycles. The summed E-state index contributed by atoms with van der Waals surface area (Å²) in [5.74, 6) is -0.0610. The number of hydrogen-bond donors (Lipinski definition) is 0. The van der Waals surface area contributed by atoms with Gasteiger partial charge in [-0.25, -0.2) is 0 Å². The van der Waals surface area contributed by atoms with Gasteiger partial charge >= 0.3 is 6.18 Å². The molecule has 6 heteroatoms. The standard InChI is InChI=1S/C36H33F3N2O/c1-28(36(37,38)39)34(30-16-7-3-8-17-30)26-40(32-20-11-5-12-21-32)24-15-25-41(33-22-13-6-14-23-33)27-35(29(2)42)31-18-9-4-10-19-31/h3-14,16-23,26-27H,1,15,24-25H2,2H3/b34-26+,35-27+. The Morgan fingerprint density at radius 1 is 0.643 bits per heavy atom. The van der Waals surface area contributed by atoms with E-state index in [1.54, 1.807) is 37.3 Å². The van der Waals surface area contributed by atoms with Gasteiger partial charge in [-0.2, -0.15) is 13.2 Å². The van der Waals surface area contributed by atoms with Crippen LogP contribution >= 0.6 is 0 Å². The summed E-state index contributed by atoms with van der Waals surface area (Å²) in [4.78, 5) is 16.5. The van der Waals surface area contributed by atoms with Crippen molar-refractivity contribution < 1.29 is 18.0 Å². The fourth-order valence-electron chi connectivity index (χ4n) is 4.58. The number of hydrogen-bond acceptors (Lipinski definition) is 3. The van der Waals surface area contributed by atoms with Crippen molar-refractivity contribution in [2.24, 2.45) is 0 Å². The first-order valence-electron chi connectivity index (χ1n) is 13.7. The van der Waals surface area contributed by atoms with Gasteiger partial charge in [-0.1, -0.05) is 104 Å². The molecule has 0 amide bonds. The van der Waals surface area contributed by atoms with Crippen molar-refractivity contribution in [3.63, 3.8) is 0 Å². The van der Waals surface area contributed by atoms with E-state index in [0.29, 0.717) is 30.6 Å². The van der Waals surface area contributed by atoms with Gasteiger partial charge in [0.05, 0.1) is 5.57 Å². The van der Waals surface area contributed by atoms with E-state index >= 15 is 0 Å². The van der Waals surface area contributed by atoms with Crippen LogP contribution in [0.4, 0.5) is 24.5 Å². The van der Waals surface area contributed by atoms with Crippen molar-refractivity contribution >= 4 is 28.3 Å². The molecule has 0 unspecified atom stereocenters. The molecule has 0 N–H and O–H groups in total. The topological polar surface area (TPSA) is 23.6 Å². The Bertz CT molecular complexity index is 1510. The normalized spacial score (nSPS) is 12.1. The van der Waals surface area contributed by atoms with Crippen LogP contribution in [-0.2, 0) is 4.79 Å². The lowest BCUT2D eigenvalue weighted by molar-refractivity contribution is -0.111. The zero-order valence-corrected chi connectivity index (χ0v) is 23.5. The summed E-state index contributed by atoms with van der Waals surface area (Å²) in [7, 11) is 0. The summed E-state index contributed by atoms with van der Waals surface area (Å²) in [5, 5.41) is 0. The lowest BCUT2D eigenvalue weighted by atomic mass is 9.99. The summed E-state index contributed by atoms with van der Waals surface area (Å²) >= 11 is 0. The molecule has 0 saturated heterocycles. The van der Waals surface area contributed by atoms with Crippen molar-refractivity contribution in [3.05, 3.63) is 157 Å². The predicted molar refractivity (Wildman–Crippen MR) is 167 cm³/mol. The van der Waals surface area contributed by atoms with E-state index in [0.717, 1.165) is 16.9 Å². The molecule has 0 spiro atoms. The largest absolute Gasteiger partial charge is 0.416 e. The maximum absolute atomic E-state index is 13.9. The molecule has 0 aromatic heterocycles. The Balaban J connectivity index is 1.68. The minimum absolute atomic E-state index is 0.00899. The molecule has 0 atom stereocenters. The number of carbonyl (C=O) groups is 1. The Labute approximate surface area is 245 Å². The molecule has 3 nitrogen and oxygen atoms in total. The van der Waals surface area contributed by atoms with E-state index < -0.39 is 11.7 Å². The van der Waals surface area contributed by atoms with E-state index in [-0.39, 0.29) is 11.4 Å². The molecule has 214 valence electrons. The third kappa shape index (κ3) is 8.10. The Morgan fingerprint density at radius 2 is 1.00 bits per heavy atom. The van der Waals surface area contributed by atoms with Crippen LogP contribution in [0.25, 0.3) is 11.1 Å². The van der Waals surface area contributed by atoms with Crippen LogP contribution in [0, 0.1) is 0 Å². The van der Waals surface area contributed by atoms with Crippen molar-refractivity contribution in [2.45, 2.75) is 19.5 Å². The minimum Gasteiger partial charge on any atom is -0.347 e. The Morgan fingerprint density at radius 3 is 1.38 bits per heavy atom. The van der Waals surface area contributed by atoms with Crippen LogP contribution in [0.2, 0.25) is 0 Å². The number of para-hydroxylation sites is 2. The van der Waals surface area contributed by atoms with E-state index in [1.165, 1.54) is 6.20 Å². The van der Waals surface area contributed by atoms with Crippen LogP contribution in [0.3, 0.4) is 0 Å². The van der Waals surface area contributed by atoms with Gasteiger partial charge in [-0.3, -0.25) is 4.79 Å². The SMILES string of the molecule is C=C(/C(=C\N(CCCN(/C=C(\C(C)=O)c1ccccc1)c1ccccc1)c1ccccc1)c1ccccc1)C(F)(F)F. The van der Waals surface area contributed by atoms with Crippen molar-refractivity contribution in [3.8, 4) is 0 Å². The van der Waals surface area contributed by atoms with Gasteiger partial charge in [0.15, 0.2) is 5.78 Å². The molecule has 0 aliphatic rings. The van der Waals surface area contributed by atoms with E-state index in [1.807, 2.05) is 107 Å². The van der Waals surface area contributed by atoms with E-state index in [2.05, 4.69) is 6.58 Å². The van der Waals surface area contributed by atoms with E-state index in [9.17, 15) is 18.0 Å². The molecule has 4 aromatic carbocycles. The first kappa shape index (κ1) is 30.1. The highest BCUT2D eigenvalue weighted by molar-refractivity contribution is 6.19. The first-order valence-corrected chi connectivity index (χ1v) is 13.7. The molecular formula is C36H33F3N2O. The van der Waals surface area contributed by atoms with Crippen molar-refractivity contribution in [1.82, 2.24) is 0 Å². The van der Waals surface area contributed by atoms with E-state index in [4.69, 9.17) is 0 Å². The summed E-state index contributed by atoms with van der Waals surface area (Å²) in [5.41, 5.74) is 2.60. The molecule has 0 fully saturated rings. The molecule has 0 saturated carbocycles. The van der Waals surface area contributed by atoms with Gasteiger partial charge in [0.25, 0.3) is 0 Å². The molecule has 4 rings (SSSR count). The second-order valence-corrected chi connectivity index (χ2v) is 9.76. The van der Waals surface area contributed by atoms with Crippen LogP contribution in [0.1, 0.15) is 24.5 Å². The number of anilines is 2. The lowest BCUT2D eigenvalue weighted by Gasteiger charge is -2.27. The summed E-state index contributed by atoms with van der Waals surface area (Å²) < 4.78 is 41.7. The Kier molecular flexibility index (Phi) is 10.2. The number of allylic oxidation sites excluding steroid dienone is 3. The first-order chi connectivity index (χ1) is 20.2. The van der Waals surface area contributed by atoms with Crippen LogP contribution in [0.15, 0.2) is 146 Å². The zero-order chi connectivity index (χ0) is 30.0. The van der Waals surface area contributed by atoms with Crippen molar-refractivity contribution in [1.29, 1.82) is 0 Å². The Hall–Kier alpha value is -4.84. The third-order valence-corrected chi connectivity index (χ3v) is 6.76. The van der Waals surface area contributed by atoms with Gasteiger partial charge in [-0.15, -0.1) is 0 Å². The van der Waals surface area contributed by atoms with Crippen LogP contribution in [0.5, 0.6) is 0 Å². The summed E-state index contributed by atoms with van der Waals surface area (Å²) in [6, 6.07) is 37.0. The smallest absolute Gasteiger partial charge is 0.347 e. The van der Waals surface area contributed by atoms with Gasteiger partial charge in [-0.05, 0) is 48.7 Å². The third-order valence-electron chi connectivity index (χ3n) is 6.76. The number of Topliss-reactive ketones (excluding diaryl/α,β-unsaturated/α-hetero) is 1. The predicted octanol–water partition coefficient (Wildman–Crippen LogP) is 9.18. The fraction of sp³-hybridized carbons (Fsp3) is 0.139. The van der Waals surface area contributed by atoms with Crippen LogP contribution in [-0.4, -0.2) is 25.0 Å². The minimum atomic E-state index is -4.58. The maximum atomic E-state index is 13.9. The van der Waals surface area contributed by atoms with Crippen LogP contribution < -0.4 is 9.80 Å². The average molecular weight is 567 g/mol. The molecule has 0 aliphatic carbocycles. The molecule has 0 bridgehead atoms. The number of ketones is 1. The number of nitrogens with zero attached hydrogens (tertiary/aromatic N) is 2. The molecular weight excluding hydrogens is 533 g/mol. The van der Waals surface area contributed by atoms with Gasteiger partial charge in [0.2, 0.25) is 0 Å². The number of halogens is 3. The second kappa shape index (κ2) is 14.2. The molecule has 0 radical (unpaired) electrons. The van der Waals surface area contributed by atoms with Gasteiger partial charge in [0.1, 0.15) is 0 Å². The summed E-state index contributed by atoms with van der Waals surface area (Å²) in [6.45, 7) is 5.89. The van der Waals surface area contributed by atoms with Gasteiger partial charge in [0, 0.05) is 48.0 Å².